The summed E-state index contributed by atoms with van der Waals surface area (Å²) in [6, 6.07) is 12.9. The molecule has 1 amide bonds. The molecule has 1 saturated heterocycles. The molecule has 3 aromatic rings. The van der Waals surface area contributed by atoms with Crippen LogP contribution in [0.2, 0.25) is 0 Å². The molecule has 1 aromatic heterocycles. The lowest BCUT2D eigenvalue weighted by atomic mass is 9.99. The van der Waals surface area contributed by atoms with Gasteiger partial charge in [0.25, 0.3) is 10.0 Å². The summed E-state index contributed by atoms with van der Waals surface area (Å²) in [5, 5.41) is 2.93. The first-order valence-corrected chi connectivity index (χ1v) is 12.4. The number of benzene rings is 2. The number of carbonyl (C=O) groups excluding carboxylic acids is 1. The van der Waals surface area contributed by atoms with E-state index in [2.05, 4.69) is 15.0 Å². The fourth-order valence-electron chi connectivity index (χ4n) is 3.68. The zero-order valence-corrected chi connectivity index (χ0v) is 19.9. The first-order valence-electron chi connectivity index (χ1n) is 10.9. The number of hydrogen-bond donors (Lipinski definition) is 2. The Kier molecular flexibility index (Phi) is 7.18. The van der Waals surface area contributed by atoms with E-state index in [1.165, 1.54) is 19.2 Å². The van der Waals surface area contributed by atoms with Gasteiger partial charge >= 0.3 is 0 Å². The van der Waals surface area contributed by atoms with Crippen LogP contribution in [0.3, 0.4) is 0 Å². The van der Waals surface area contributed by atoms with E-state index in [4.69, 9.17) is 13.9 Å². The van der Waals surface area contributed by atoms with Crippen molar-refractivity contribution in [2.75, 3.05) is 25.0 Å². The van der Waals surface area contributed by atoms with E-state index >= 15 is 0 Å². The number of sulfonamides is 1. The highest BCUT2D eigenvalue weighted by atomic mass is 32.2. The van der Waals surface area contributed by atoms with Crippen molar-refractivity contribution in [1.82, 2.24) is 10.3 Å². The van der Waals surface area contributed by atoms with Gasteiger partial charge in [0.05, 0.1) is 18.6 Å². The van der Waals surface area contributed by atoms with Crippen LogP contribution in [0.25, 0.3) is 11.5 Å². The van der Waals surface area contributed by atoms with Crippen LogP contribution >= 0.6 is 0 Å². The van der Waals surface area contributed by atoms with Crippen molar-refractivity contribution in [2.24, 2.45) is 5.92 Å². The number of aryl methyl sites for hydroxylation is 1. The number of nitrogens with one attached hydrogen (secondary N) is 2. The minimum absolute atomic E-state index is 0.0119. The van der Waals surface area contributed by atoms with Crippen LogP contribution in [0.5, 0.6) is 5.75 Å². The van der Waals surface area contributed by atoms with Gasteiger partial charge in [-0.15, -0.1) is 0 Å². The Morgan fingerprint density at radius 3 is 2.59 bits per heavy atom. The minimum Gasteiger partial charge on any atom is -0.497 e. The van der Waals surface area contributed by atoms with E-state index in [1.54, 1.807) is 43.3 Å². The second kappa shape index (κ2) is 10.3. The average Bonchev–Trinajstić information content (AvgIpc) is 3.23. The summed E-state index contributed by atoms with van der Waals surface area (Å²) in [5.41, 5.74) is 1.61. The monoisotopic (exact) mass is 485 g/mol. The topological polar surface area (TPSA) is 120 Å². The summed E-state index contributed by atoms with van der Waals surface area (Å²) in [6.45, 7) is 3.24. The number of ether oxygens (including phenoxy) is 2. The molecule has 0 spiro atoms. The van der Waals surface area contributed by atoms with Crippen LogP contribution in [0.1, 0.15) is 24.3 Å². The summed E-state index contributed by atoms with van der Waals surface area (Å²) in [7, 11) is -2.27. The summed E-state index contributed by atoms with van der Waals surface area (Å²) >= 11 is 0. The predicted octanol–water partition coefficient (Wildman–Crippen LogP) is 3.50. The first kappa shape index (κ1) is 23.8. The molecule has 2 N–H and O–H groups in total. The third-order valence-electron chi connectivity index (χ3n) is 5.65. The fraction of sp³-hybridized carbons (Fsp3) is 0.333. The third kappa shape index (κ3) is 5.57. The number of methoxy groups -OCH3 is 1. The van der Waals surface area contributed by atoms with Gasteiger partial charge in [0, 0.05) is 30.4 Å². The standard InChI is InChI=1S/C24H27N3O6S/c1-16-22(15-25-23(28)17-10-12-32-13-11-17)26-24(33-16)18-4-3-5-19(14-18)27-34(29,30)21-8-6-20(31-2)7-9-21/h3-9,14,17,27H,10-13,15H2,1-2H3,(H,25,28). The molecular weight excluding hydrogens is 458 g/mol. The van der Waals surface area contributed by atoms with Crippen LogP contribution in [-0.2, 0) is 26.1 Å². The van der Waals surface area contributed by atoms with Crippen molar-refractivity contribution in [1.29, 1.82) is 0 Å². The van der Waals surface area contributed by atoms with Crippen molar-refractivity contribution in [3.05, 3.63) is 60.0 Å². The zero-order chi connectivity index (χ0) is 24.1. The Morgan fingerprint density at radius 2 is 1.88 bits per heavy atom. The van der Waals surface area contributed by atoms with Gasteiger partial charge in [-0.3, -0.25) is 9.52 Å². The molecule has 0 unspecified atom stereocenters. The summed E-state index contributed by atoms with van der Waals surface area (Å²) in [6.07, 6.45) is 1.43. The van der Waals surface area contributed by atoms with E-state index in [0.717, 1.165) is 0 Å². The second-order valence-electron chi connectivity index (χ2n) is 7.99. The van der Waals surface area contributed by atoms with E-state index < -0.39 is 10.0 Å². The normalized spacial score (nSPS) is 14.5. The van der Waals surface area contributed by atoms with Crippen LogP contribution in [0.4, 0.5) is 5.69 Å². The third-order valence-corrected chi connectivity index (χ3v) is 7.04. The van der Waals surface area contributed by atoms with Crippen molar-refractivity contribution < 1.29 is 27.1 Å². The van der Waals surface area contributed by atoms with Crippen LogP contribution in [0.15, 0.2) is 57.8 Å². The Hall–Kier alpha value is -3.37. The van der Waals surface area contributed by atoms with Gasteiger partial charge in [-0.1, -0.05) is 6.07 Å². The van der Waals surface area contributed by atoms with Gasteiger partial charge in [-0.25, -0.2) is 13.4 Å². The van der Waals surface area contributed by atoms with Gasteiger partial charge in [0.2, 0.25) is 11.8 Å². The van der Waals surface area contributed by atoms with Crippen molar-refractivity contribution in [2.45, 2.75) is 31.2 Å². The lowest BCUT2D eigenvalue weighted by Crippen LogP contribution is -2.34. The lowest BCUT2D eigenvalue weighted by Gasteiger charge is -2.20. The number of oxazole rings is 1. The van der Waals surface area contributed by atoms with Crippen LogP contribution < -0.4 is 14.8 Å². The highest BCUT2D eigenvalue weighted by Gasteiger charge is 2.22. The molecule has 0 saturated carbocycles. The van der Waals surface area contributed by atoms with Crippen molar-refractivity contribution >= 4 is 21.6 Å². The fourth-order valence-corrected chi connectivity index (χ4v) is 4.72. The van der Waals surface area contributed by atoms with Crippen LogP contribution in [-0.4, -0.2) is 39.6 Å². The second-order valence-corrected chi connectivity index (χ2v) is 9.67. The smallest absolute Gasteiger partial charge is 0.261 e. The zero-order valence-electron chi connectivity index (χ0n) is 19.0. The molecule has 9 nitrogen and oxygen atoms in total. The maximum atomic E-state index is 12.7. The summed E-state index contributed by atoms with van der Waals surface area (Å²) in [5.74, 6) is 1.45. The Labute approximate surface area is 198 Å². The average molecular weight is 486 g/mol. The van der Waals surface area contributed by atoms with Gasteiger partial charge in [0.1, 0.15) is 17.2 Å². The number of hydrogen-bond acceptors (Lipinski definition) is 7. The number of aromatic nitrogens is 1. The predicted molar refractivity (Wildman–Crippen MR) is 126 cm³/mol. The highest BCUT2D eigenvalue weighted by molar-refractivity contribution is 7.92. The van der Waals surface area contributed by atoms with E-state index in [-0.39, 0.29) is 23.3 Å². The molecule has 10 heteroatoms. The Balaban J connectivity index is 1.45. The SMILES string of the molecule is COc1ccc(S(=O)(=O)Nc2cccc(-c3nc(CNC(=O)C4CCOCC4)c(C)o3)c2)cc1. The number of carbonyl (C=O) groups is 1. The number of amides is 1. The molecule has 1 aliphatic rings. The molecule has 180 valence electrons. The number of anilines is 1. The molecule has 1 fully saturated rings. The Morgan fingerprint density at radius 1 is 1.15 bits per heavy atom. The molecule has 34 heavy (non-hydrogen) atoms. The largest absolute Gasteiger partial charge is 0.497 e. The molecule has 0 radical (unpaired) electrons. The van der Waals surface area contributed by atoms with Gasteiger partial charge in [-0.05, 0) is 62.2 Å². The van der Waals surface area contributed by atoms with Gasteiger partial charge in [0.15, 0.2) is 0 Å². The summed E-state index contributed by atoms with van der Waals surface area (Å²) in [4.78, 5) is 17.0. The number of nitrogens with zero attached hydrogens (tertiary/aromatic N) is 1. The molecule has 0 aliphatic carbocycles. The maximum Gasteiger partial charge on any atom is 0.261 e. The van der Waals surface area contributed by atoms with Crippen molar-refractivity contribution in [3.8, 4) is 17.2 Å². The molecule has 2 aromatic carbocycles. The van der Waals surface area contributed by atoms with E-state index in [9.17, 15) is 13.2 Å². The first-order chi connectivity index (χ1) is 16.4. The molecule has 2 heterocycles. The minimum atomic E-state index is -3.78. The number of rotatable bonds is 8. The lowest BCUT2D eigenvalue weighted by molar-refractivity contribution is -0.128. The van der Waals surface area contributed by atoms with E-state index in [1.807, 2.05) is 0 Å². The van der Waals surface area contributed by atoms with E-state index in [0.29, 0.717) is 60.4 Å². The van der Waals surface area contributed by atoms with Gasteiger partial charge < -0.3 is 19.2 Å². The molecule has 0 atom stereocenters. The molecular formula is C24H27N3O6S. The summed E-state index contributed by atoms with van der Waals surface area (Å²) < 4.78 is 44.3. The Bertz CT molecular complexity index is 1250. The quantitative estimate of drug-likeness (QED) is 0.501. The maximum absolute atomic E-state index is 12.7. The molecule has 4 rings (SSSR count). The van der Waals surface area contributed by atoms with Crippen molar-refractivity contribution in [3.63, 3.8) is 0 Å². The van der Waals surface area contributed by atoms with Gasteiger partial charge in [-0.2, -0.15) is 0 Å². The molecule has 1 aliphatic heterocycles. The highest BCUT2D eigenvalue weighted by Crippen LogP contribution is 2.26. The molecule has 0 bridgehead atoms. The van der Waals surface area contributed by atoms with Crippen LogP contribution in [0, 0.1) is 12.8 Å².